The molecule has 0 spiro atoms. The number of amides is 1. The van der Waals surface area contributed by atoms with Gasteiger partial charge in [0.1, 0.15) is 22.4 Å². The van der Waals surface area contributed by atoms with Gasteiger partial charge in [0.25, 0.3) is 0 Å². The lowest BCUT2D eigenvalue weighted by Gasteiger charge is -2.19. The summed E-state index contributed by atoms with van der Waals surface area (Å²) in [6.07, 6.45) is 0.311. The molecule has 2 N–H and O–H groups in total. The van der Waals surface area contributed by atoms with E-state index in [0.29, 0.717) is 12.2 Å². The Bertz CT molecular complexity index is 834. The Balaban J connectivity index is 2.23. The first-order chi connectivity index (χ1) is 11.6. The predicted molar refractivity (Wildman–Crippen MR) is 89.4 cm³/mol. The fourth-order valence-corrected chi connectivity index (χ4v) is 3.96. The first-order valence-corrected chi connectivity index (χ1v) is 9.28. The summed E-state index contributed by atoms with van der Waals surface area (Å²) in [5.41, 5.74) is 0.237. The molecule has 1 amide bonds. The average Bonchev–Trinajstić information content (AvgIpc) is 3.03. The lowest BCUT2D eigenvalue weighted by atomic mass is 10.0. The lowest BCUT2D eigenvalue weighted by molar-refractivity contribution is -0.118. The molecule has 10 heteroatoms. The van der Waals surface area contributed by atoms with Crippen molar-refractivity contribution < 1.29 is 22.3 Å². The summed E-state index contributed by atoms with van der Waals surface area (Å²) in [7, 11) is -3.97. The Hall–Kier alpha value is -2.20. The number of carbonyl (C=O) groups excluding carboxylic acids is 1. The third-order valence-electron chi connectivity index (χ3n) is 3.44. The highest BCUT2D eigenvalue weighted by Gasteiger charge is 2.31. The van der Waals surface area contributed by atoms with Crippen molar-refractivity contribution in [2.24, 2.45) is 5.92 Å². The third-order valence-corrected chi connectivity index (χ3v) is 5.15. The summed E-state index contributed by atoms with van der Waals surface area (Å²) >= 11 is 0. The molecule has 0 radical (unpaired) electrons. The van der Waals surface area contributed by atoms with Crippen LogP contribution in [-0.2, 0) is 14.8 Å². The fourth-order valence-electron chi connectivity index (χ4n) is 2.42. The second-order valence-electron chi connectivity index (χ2n) is 6.27. The third kappa shape index (κ3) is 4.67. The zero-order valence-corrected chi connectivity index (χ0v) is 15.6. The van der Waals surface area contributed by atoms with E-state index in [-0.39, 0.29) is 28.1 Å². The van der Waals surface area contributed by atoms with Gasteiger partial charge in [-0.25, -0.2) is 8.42 Å². The molecule has 0 aliphatic carbocycles. The van der Waals surface area contributed by atoms with E-state index in [1.165, 1.54) is 13.8 Å². The molecule has 0 aromatic carbocycles. The standard InChI is InChI=1S/C15H22N4O5S/c1-8(2)6-12(15(20)16-13-7-9(3)23-18-13)19-25(21,22)14-10(4)17-24-11(14)5/h7-8,12,19H,6H2,1-5H3,(H,16,18,20)/t12-/m1/s1. The van der Waals surface area contributed by atoms with Crippen LogP contribution in [0.3, 0.4) is 0 Å². The lowest BCUT2D eigenvalue weighted by Crippen LogP contribution is -2.44. The molecule has 0 aliphatic heterocycles. The quantitative estimate of drug-likeness (QED) is 0.762. The minimum atomic E-state index is -3.97. The predicted octanol–water partition coefficient (Wildman–Crippen LogP) is 1.92. The summed E-state index contributed by atoms with van der Waals surface area (Å²) in [6, 6.07) is 0.573. The van der Waals surface area contributed by atoms with Crippen LogP contribution in [0.25, 0.3) is 0 Å². The van der Waals surface area contributed by atoms with Gasteiger partial charge in [-0.1, -0.05) is 24.2 Å². The highest BCUT2D eigenvalue weighted by atomic mass is 32.2. The van der Waals surface area contributed by atoms with Gasteiger partial charge in [-0.3, -0.25) is 4.79 Å². The molecule has 2 aromatic rings. The number of sulfonamides is 1. The van der Waals surface area contributed by atoms with Gasteiger partial charge in [-0.15, -0.1) is 0 Å². The van der Waals surface area contributed by atoms with Gasteiger partial charge in [0, 0.05) is 6.07 Å². The average molecular weight is 370 g/mol. The Morgan fingerprint density at radius 1 is 1.20 bits per heavy atom. The number of aromatic nitrogens is 2. The molecule has 9 nitrogen and oxygen atoms in total. The van der Waals surface area contributed by atoms with Crippen LogP contribution in [0.4, 0.5) is 5.82 Å². The molecular weight excluding hydrogens is 348 g/mol. The summed E-state index contributed by atoms with van der Waals surface area (Å²) in [4.78, 5) is 12.5. The van der Waals surface area contributed by atoms with E-state index in [1.807, 2.05) is 13.8 Å². The van der Waals surface area contributed by atoms with Crippen molar-refractivity contribution >= 4 is 21.7 Å². The summed E-state index contributed by atoms with van der Waals surface area (Å²) in [6.45, 7) is 8.51. The Kier molecular flexibility index (Phi) is 5.63. The van der Waals surface area contributed by atoms with Crippen molar-refractivity contribution in [1.82, 2.24) is 15.0 Å². The molecular formula is C15H22N4O5S. The minimum Gasteiger partial charge on any atom is -0.360 e. The Morgan fingerprint density at radius 3 is 2.36 bits per heavy atom. The van der Waals surface area contributed by atoms with Gasteiger partial charge >= 0.3 is 0 Å². The van der Waals surface area contributed by atoms with E-state index < -0.39 is 22.0 Å². The number of hydrogen-bond acceptors (Lipinski definition) is 7. The number of carbonyl (C=O) groups is 1. The molecule has 1 atom stereocenters. The van der Waals surface area contributed by atoms with Crippen LogP contribution in [-0.4, -0.2) is 30.7 Å². The smallest absolute Gasteiger partial charge is 0.246 e. The topological polar surface area (TPSA) is 127 Å². The molecule has 0 fully saturated rings. The Morgan fingerprint density at radius 2 is 1.88 bits per heavy atom. The molecule has 0 unspecified atom stereocenters. The molecule has 138 valence electrons. The molecule has 2 heterocycles. The summed E-state index contributed by atoms with van der Waals surface area (Å²) < 4.78 is 37.6. The highest BCUT2D eigenvalue weighted by molar-refractivity contribution is 7.89. The van der Waals surface area contributed by atoms with Crippen molar-refractivity contribution in [3.05, 3.63) is 23.3 Å². The van der Waals surface area contributed by atoms with Gasteiger partial charge in [-0.05, 0) is 33.1 Å². The number of aryl methyl sites for hydroxylation is 3. The van der Waals surface area contributed by atoms with Crippen LogP contribution >= 0.6 is 0 Å². The van der Waals surface area contributed by atoms with Crippen molar-refractivity contribution in [3.63, 3.8) is 0 Å². The van der Waals surface area contributed by atoms with E-state index in [1.54, 1.807) is 13.0 Å². The van der Waals surface area contributed by atoms with Crippen LogP contribution in [0.1, 0.15) is 37.5 Å². The molecule has 0 saturated carbocycles. The first kappa shape index (κ1) is 19.1. The monoisotopic (exact) mass is 370 g/mol. The number of anilines is 1. The van der Waals surface area contributed by atoms with Gasteiger partial charge in [0.15, 0.2) is 11.6 Å². The van der Waals surface area contributed by atoms with Crippen LogP contribution in [0.5, 0.6) is 0 Å². The number of hydrogen-bond donors (Lipinski definition) is 2. The molecule has 0 saturated heterocycles. The van der Waals surface area contributed by atoms with Crippen LogP contribution < -0.4 is 10.0 Å². The summed E-state index contributed by atoms with van der Waals surface area (Å²) in [5.74, 6) is 0.500. The van der Waals surface area contributed by atoms with Crippen molar-refractivity contribution in [2.45, 2.75) is 52.0 Å². The van der Waals surface area contributed by atoms with Crippen molar-refractivity contribution in [2.75, 3.05) is 5.32 Å². The van der Waals surface area contributed by atoms with Crippen molar-refractivity contribution in [3.8, 4) is 0 Å². The van der Waals surface area contributed by atoms with Gasteiger partial charge in [0.2, 0.25) is 15.9 Å². The maximum absolute atomic E-state index is 12.7. The van der Waals surface area contributed by atoms with Gasteiger partial charge in [0.05, 0.1) is 0 Å². The number of rotatable bonds is 7. The molecule has 0 bridgehead atoms. The van der Waals surface area contributed by atoms with E-state index in [4.69, 9.17) is 9.05 Å². The maximum atomic E-state index is 12.7. The largest absolute Gasteiger partial charge is 0.360 e. The van der Waals surface area contributed by atoms with Crippen LogP contribution in [0.15, 0.2) is 20.0 Å². The van der Waals surface area contributed by atoms with E-state index >= 15 is 0 Å². The van der Waals surface area contributed by atoms with E-state index in [2.05, 4.69) is 20.4 Å². The highest BCUT2D eigenvalue weighted by Crippen LogP contribution is 2.20. The van der Waals surface area contributed by atoms with Crippen molar-refractivity contribution in [1.29, 1.82) is 0 Å². The van der Waals surface area contributed by atoms with E-state index in [0.717, 1.165) is 0 Å². The molecule has 2 rings (SSSR count). The minimum absolute atomic E-state index is 0.0497. The molecule has 25 heavy (non-hydrogen) atoms. The van der Waals surface area contributed by atoms with Crippen LogP contribution in [0, 0.1) is 26.7 Å². The zero-order valence-electron chi connectivity index (χ0n) is 14.8. The molecule has 0 aliphatic rings. The summed E-state index contributed by atoms with van der Waals surface area (Å²) in [5, 5.41) is 9.89. The maximum Gasteiger partial charge on any atom is 0.246 e. The zero-order chi connectivity index (χ0) is 18.8. The second-order valence-corrected chi connectivity index (χ2v) is 7.92. The number of nitrogens with one attached hydrogen (secondary N) is 2. The fraction of sp³-hybridized carbons (Fsp3) is 0.533. The first-order valence-electron chi connectivity index (χ1n) is 7.79. The van der Waals surface area contributed by atoms with Gasteiger partial charge in [-0.2, -0.15) is 4.72 Å². The number of nitrogens with zero attached hydrogens (tertiary/aromatic N) is 2. The SMILES string of the molecule is Cc1cc(NC(=O)[C@@H](CC(C)C)NS(=O)(=O)c2c(C)noc2C)no1. The second kappa shape index (κ2) is 7.36. The Labute approximate surface area is 146 Å². The normalized spacial score (nSPS) is 13.2. The van der Waals surface area contributed by atoms with Crippen LogP contribution in [0.2, 0.25) is 0 Å². The van der Waals surface area contributed by atoms with Gasteiger partial charge < -0.3 is 14.4 Å². The molecule has 2 aromatic heterocycles. The van der Waals surface area contributed by atoms with E-state index in [9.17, 15) is 13.2 Å².